The van der Waals surface area contributed by atoms with E-state index < -0.39 is 0 Å². The summed E-state index contributed by atoms with van der Waals surface area (Å²) in [6.07, 6.45) is 3.70. The molecule has 2 radical (unpaired) electrons. The summed E-state index contributed by atoms with van der Waals surface area (Å²) in [6.45, 7) is 5.93. The van der Waals surface area contributed by atoms with Crippen molar-refractivity contribution in [2.75, 3.05) is 6.61 Å². The van der Waals surface area contributed by atoms with Crippen LogP contribution in [0.4, 0.5) is 0 Å². The summed E-state index contributed by atoms with van der Waals surface area (Å²) >= 11 is 5.70. The summed E-state index contributed by atoms with van der Waals surface area (Å²) in [4.78, 5) is 0. The average molecular weight is 241 g/mol. The van der Waals surface area contributed by atoms with Crippen LogP contribution in [0.1, 0.15) is 18.9 Å². The van der Waals surface area contributed by atoms with Crippen LogP contribution in [0, 0.1) is 0 Å². The highest BCUT2D eigenvalue weighted by molar-refractivity contribution is 7.01. The molecule has 3 heteroatoms. The van der Waals surface area contributed by atoms with Gasteiger partial charge < -0.3 is 5.11 Å². The zero-order valence-electron chi connectivity index (χ0n) is 9.04. The molecule has 0 fully saturated rings. The Balaban J connectivity index is 0.000000423. The molecule has 82 valence electrons. The topological polar surface area (TPSA) is 20.2 Å². The fourth-order valence-electron chi connectivity index (χ4n) is 0.924. The second-order valence-electron chi connectivity index (χ2n) is 3.01. The van der Waals surface area contributed by atoms with Gasteiger partial charge in [0.05, 0.1) is 0 Å². The molecule has 0 atom stereocenters. The SMILES string of the molecule is C=CCc1cccc([Si]Cl)c1.CCCO. The number of halogens is 1. The normalized spacial score (nSPS) is 9.00. The van der Waals surface area contributed by atoms with Crippen LogP contribution in [-0.4, -0.2) is 20.5 Å². The van der Waals surface area contributed by atoms with E-state index in [1.54, 1.807) is 0 Å². The van der Waals surface area contributed by atoms with Crippen molar-refractivity contribution in [3.8, 4) is 0 Å². The van der Waals surface area contributed by atoms with Gasteiger partial charge in [0.15, 0.2) is 0 Å². The van der Waals surface area contributed by atoms with Gasteiger partial charge in [-0.15, -0.1) is 6.58 Å². The number of allylic oxidation sites excluding steroid dienone is 1. The molecule has 1 nitrogen and oxygen atoms in total. The Morgan fingerprint density at radius 1 is 1.53 bits per heavy atom. The summed E-state index contributed by atoms with van der Waals surface area (Å²) in [5.41, 5.74) is 1.28. The van der Waals surface area contributed by atoms with Gasteiger partial charge in [0.1, 0.15) is 0 Å². The zero-order valence-corrected chi connectivity index (χ0v) is 10.8. The monoisotopic (exact) mass is 240 g/mol. The molecular weight excluding hydrogens is 224 g/mol. The Kier molecular flexibility index (Phi) is 9.58. The van der Waals surface area contributed by atoms with Gasteiger partial charge in [-0.3, -0.25) is 0 Å². The fourth-order valence-corrected chi connectivity index (χ4v) is 1.68. The molecule has 0 amide bonds. The van der Waals surface area contributed by atoms with Crippen molar-refractivity contribution in [1.82, 2.24) is 0 Å². The van der Waals surface area contributed by atoms with Gasteiger partial charge >= 0.3 is 0 Å². The van der Waals surface area contributed by atoms with E-state index in [-0.39, 0.29) is 0 Å². The van der Waals surface area contributed by atoms with Crippen LogP contribution in [0.25, 0.3) is 0 Å². The first-order chi connectivity index (χ1) is 7.28. The van der Waals surface area contributed by atoms with E-state index in [0.29, 0.717) is 15.4 Å². The molecule has 0 bridgehead atoms. The van der Waals surface area contributed by atoms with Crippen LogP contribution in [0.3, 0.4) is 0 Å². The highest BCUT2D eigenvalue weighted by atomic mass is 35.6. The van der Waals surface area contributed by atoms with E-state index in [4.69, 9.17) is 16.2 Å². The van der Waals surface area contributed by atoms with Crippen molar-refractivity contribution in [2.24, 2.45) is 0 Å². The molecule has 1 aromatic rings. The molecule has 0 saturated heterocycles. The number of benzene rings is 1. The van der Waals surface area contributed by atoms with Crippen LogP contribution in [0.15, 0.2) is 36.9 Å². The molecule has 0 unspecified atom stereocenters. The van der Waals surface area contributed by atoms with Crippen molar-refractivity contribution in [3.05, 3.63) is 42.5 Å². The van der Waals surface area contributed by atoms with Crippen LogP contribution in [0.2, 0.25) is 0 Å². The minimum atomic E-state index is 0.319. The Bertz CT molecular complexity index is 274. The molecule has 0 saturated carbocycles. The molecule has 1 rings (SSSR count). The van der Waals surface area contributed by atoms with E-state index in [1.165, 1.54) is 10.8 Å². The molecule has 0 spiro atoms. The lowest BCUT2D eigenvalue weighted by Crippen LogP contribution is -2.08. The maximum Gasteiger partial charge on any atom is 0.210 e. The van der Waals surface area contributed by atoms with E-state index in [1.807, 2.05) is 25.1 Å². The number of rotatable bonds is 4. The van der Waals surface area contributed by atoms with Gasteiger partial charge in [-0.25, -0.2) is 0 Å². The third-order valence-electron chi connectivity index (χ3n) is 1.64. The van der Waals surface area contributed by atoms with Crippen LogP contribution >= 0.6 is 11.1 Å². The van der Waals surface area contributed by atoms with Crippen LogP contribution < -0.4 is 5.19 Å². The van der Waals surface area contributed by atoms with Crippen LogP contribution in [-0.2, 0) is 6.42 Å². The Hall–Kier alpha value is -0.573. The molecule has 1 N–H and O–H groups in total. The highest BCUT2D eigenvalue weighted by Crippen LogP contribution is 1.98. The Morgan fingerprint density at radius 3 is 2.67 bits per heavy atom. The fraction of sp³-hybridized carbons (Fsp3) is 0.333. The van der Waals surface area contributed by atoms with E-state index in [2.05, 4.69) is 18.7 Å². The van der Waals surface area contributed by atoms with Gasteiger partial charge in [0.2, 0.25) is 8.83 Å². The Labute approximate surface area is 99.3 Å². The second-order valence-corrected chi connectivity index (χ2v) is 4.34. The quantitative estimate of drug-likeness (QED) is 0.487. The van der Waals surface area contributed by atoms with Gasteiger partial charge in [0, 0.05) is 6.61 Å². The molecule has 1 aromatic carbocycles. The molecule has 0 heterocycles. The average Bonchev–Trinajstić information content (AvgIpc) is 2.30. The second kappa shape index (κ2) is 9.96. The van der Waals surface area contributed by atoms with Gasteiger partial charge in [-0.2, -0.15) is 11.1 Å². The summed E-state index contributed by atoms with van der Waals surface area (Å²) in [5.74, 6) is 0. The smallest absolute Gasteiger partial charge is 0.210 e. The van der Waals surface area contributed by atoms with E-state index >= 15 is 0 Å². The minimum absolute atomic E-state index is 0.319. The number of hydrogen-bond acceptors (Lipinski definition) is 1. The van der Waals surface area contributed by atoms with Gasteiger partial charge in [0.25, 0.3) is 0 Å². The molecule has 15 heavy (non-hydrogen) atoms. The summed E-state index contributed by atoms with van der Waals surface area (Å²) < 4.78 is 0. The standard InChI is InChI=1S/C9H9ClSi.C3H8O/c1-2-4-8-5-3-6-9(7-8)11-10;1-2-3-4/h2-3,5-7H,1,4H2;4H,2-3H2,1H3. The van der Waals surface area contributed by atoms with Crippen molar-refractivity contribution < 1.29 is 5.11 Å². The summed E-state index contributed by atoms with van der Waals surface area (Å²) in [7, 11) is 0.369. The summed E-state index contributed by atoms with van der Waals surface area (Å²) in [5, 5.41) is 9.08. The van der Waals surface area contributed by atoms with Crippen molar-refractivity contribution >= 4 is 25.1 Å². The zero-order chi connectivity index (χ0) is 11.5. The first kappa shape index (κ1) is 14.4. The lowest BCUT2D eigenvalue weighted by atomic mass is 10.1. The lowest BCUT2D eigenvalue weighted by molar-refractivity contribution is 0.295. The first-order valence-electron chi connectivity index (χ1n) is 4.95. The Morgan fingerprint density at radius 2 is 2.20 bits per heavy atom. The summed E-state index contributed by atoms with van der Waals surface area (Å²) in [6, 6.07) is 8.27. The largest absolute Gasteiger partial charge is 0.396 e. The predicted molar refractivity (Wildman–Crippen MR) is 69.0 cm³/mol. The maximum atomic E-state index is 7.88. The third kappa shape index (κ3) is 7.37. The highest BCUT2D eigenvalue weighted by Gasteiger charge is 1.92. The number of hydrogen-bond donors (Lipinski definition) is 1. The molecule has 0 aromatic heterocycles. The van der Waals surface area contributed by atoms with Crippen molar-refractivity contribution in [3.63, 3.8) is 0 Å². The molecule has 0 aliphatic rings. The molecular formula is C12H17ClOSi. The first-order valence-corrected chi connectivity index (χ1v) is 6.97. The van der Waals surface area contributed by atoms with Gasteiger partial charge in [-0.05, 0) is 23.6 Å². The maximum absolute atomic E-state index is 7.88. The number of aliphatic hydroxyl groups excluding tert-OH is 1. The van der Waals surface area contributed by atoms with E-state index in [9.17, 15) is 0 Å². The minimum Gasteiger partial charge on any atom is -0.396 e. The van der Waals surface area contributed by atoms with E-state index in [0.717, 1.165) is 12.8 Å². The third-order valence-corrected chi connectivity index (χ3v) is 2.82. The van der Waals surface area contributed by atoms with Crippen molar-refractivity contribution in [1.29, 1.82) is 0 Å². The lowest BCUT2D eigenvalue weighted by Gasteiger charge is -1.97. The molecule has 0 aliphatic heterocycles. The van der Waals surface area contributed by atoms with Crippen LogP contribution in [0.5, 0.6) is 0 Å². The predicted octanol–water partition coefficient (Wildman–Crippen LogP) is 2.29. The van der Waals surface area contributed by atoms with Gasteiger partial charge in [-0.1, -0.05) is 37.3 Å². The number of aliphatic hydroxyl groups is 1. The molecule has 0 aliphatic carbocycles. The van der Waals surface area contributed by atoms with Crippen molar-refractivity contribution in [2.45, 2.75) is 19.8 Å².